The largest absolute Gasteiger partial charge is 0.467 e. The molecule has 1 unspecified atom stereocenters. The van der Waals surface area contributed by atoms with Crippen LogP contribution >= 0.6 is 0 Å². The minimum Gasteiger partial charge on any atom is -0.467 e. The number of ether oxygens (including phenoxy) is 1. The number of hydrogen-bond donors (Lipinski definition) is 2. The second kappa shape index (κ2) is 6.69. The standard InChI is InChI=1S/C12H17N3O4/c1-15(2)11(17)8-4-5-10(13-6-8)14-9(7-16)12(18)19-3/h4-6,9,16H,7H2,1-3H3,(H,13,14). The van der Waals surface area contributed by atoms with Crippen molar-refractivity contribution < 1.29 is 19.4 Å². The van der Waals surface area contributed by atoms with Gasteiger partial charge < -0.3 is 20.1 Å². The van der Waals surface area contributed by atoms with E-state index in [0.29, 0.717) is 11.4 Å². The van der Waals surface area contributed by atoms with Gasteiger partial charge in [0, 0.05) is 20.3 Å². The van der Waals surface area contributed by atoms with Crippen LogP contribution in [0, 0.1) is 0 Å². The number of nitrogens with one attached hydrogen (secondary N) is 1. The molecule has 0 aliphatic rings. The fraction of sp³-hybridized carbons (Fsp3) is 0.417. The van der Waals surface area contributed by atoms with Crippen LogP contribution < -0.4 is 5.32 Å². The third-order valence-corrected chi connectivity index (χ3v) is 2.41. The van der Waals surface area contributed by atoms with Gasteiger partial charge in [-0.1, -0.05) is 0 Å². The first-order chi connectivity index (χ1) is 8.99. The Morgan fingerprint density at radius 1 is 1.47 bits per heavy atom. The molecule has 1 heterocycles. The number of rotatable bonds is 5. The zero-order valence-electron chi connectivity index (χ0n) is 11.1. The van der Waals surface area contributed by atoms with Crippen molar-refractivity contribution in [1.82, 2.24) is 9.88 Å². The number of pyridine rings is 1. The van der Waals surface area contributed by atoms with Gasteiger partial charge >= 0.3 is 5.97 Å². The topological polar surface area (TPSA) is 91.8 Å². The van der Waals surface area contributed by atoms with E-state index in [1.165, 1.54) is 18.2 Å². The van der Waals surface area contributed by atoms with E-state index in [1.807, 2.05) is 0 Å². The quantitative estimate of drug-likeness (QED) is 0.713. The Balaban J connectivity index is 2.76. The Labute approximate surface area is 111 Å². The van der Waals surface area contributed by atoms with E-state index in [-0.39, 0.29) is 5.91 Å². The van der Waals surface area contributed by atoms with Crippen LogP contribution in [0.2, 0.25) is 0 Å². The lowest BCUT2D eigenvalue weighted by Gasteiger charge is -2.15. The molecule has 0 spiro atoms. The first-order valence-corrected chi connectivity index (χ1v) is 5.62. The lowest BCUT2D eigenvalue weighted by molar-refractivity contribution is -0.142. The van der Waals surface area contributed by atoms with Gasteiger partial charge in [0.15, 0.2) is 0 Å². The third-order valence-electron chi connectivity index (χ3n) is 2.41. The van der Waals surface area contributed by atoms with Gasteiger partial charge in [-0.2, -0.15) is 0 Å². The molecule has 19 heavy (non-hydrogen) atoms. The maximum Gasteiger partial charge on any atom is 0.330 e. The van der Waals surface area contributed by atoms with Gasteiger partial charge in [0.1, 0.15) is 11.9 Å². The number of esters is 1. The molecule has 7 heteroatoms. The average molecular weight is 267 g/mol. The van der Waals surface area contributed by atoms with Gasteiger partial charge in [-0.05, 0) is 12.1 Å². The molecule has 0 aliphatic heterocycles. The van der Waals surface area contributed by atoms with E-state index >= 15 is 0 Å². The molecule has 104 valence electrons. The van der Waals surface area contributed by atoms with E-state index in [0.717, 1.165) is 0 Å². The normalized spacial score (nSPS) is 11.6. The van der Waals surface area contributed by atoms with Gasteiger partial charge in [0.2, 0.25) is 0 Å². The van der Waals surface area contributed by atoms with E-state index in [9.17, 15) is 9.59 Å². The number of carbonyl (C=O) groups is 2. The number of anilines is 1. The highest BCUT2D eigenvalue weighted by Crippen LogP contribution is 2.08. The van der Waals surface area contributed by atoms with Crippen molar-refractivity contribution in [2.45, 2.75) is 6.04 Å². The molecule has 0 aliphatic carbocycles. The highest BCUT2D eigenvalue weighted by Gasteiger charge is 2.18. The molecule has 0 bridgehead atoms. The Morgan fingerprint density at radius 3 is 2.58 bits per heavy atom. The second-order valence-corrected chi connectivity index (χ2v) is 4.03. The monoisotopic (exact) mass is 267 g/mol. The molecule has 7 nitrogen and oxygen atoms in total. The molecule has 1 aromatic heterocycles. The molecular weight excluding hydrogens is 250 g/mol. The number of amides is 1. The maximum absolute atomic E-state index is 11.6. The fourth-order valence-electron chi connectivity index (χ4n) is 1.36. The zero-order valence-corrected chi connectivity index (χ0v) is 11.1. The van der Waals surface area contributed by atoms with Gasteiger partial charge in [-0.25, -0.2) is 9.78 Å². The number of aliphatic hydroxyl groups is 1. The molecule has 1 amide bonds. The third kappa shape index (κ3) is 3.92. The summed E-state index contributed by atoms with van der Waals surface area (Å²) in [7, 11) is 4.53. The molecule has 2 N–H and O–H groups in total. The number of carbonyl (C=O) groups excluding carboxylic acids is 2. The van der Waals surface area contributed by atoms with Crippen LogP contribution in [-0.4, -0.2) is 60.7 Å². The molecule has 0 radical (unpaired) electrons. The lowest BCUT2D eigenvalue weighted by atomic mass is 10.2. The summed E-state index contributed by atoms with van der Waals surface area (Å²) in [6, 6.07) is 2.26. The van der Waals surface area contributed by atoms with Gasteiger partial charge in [-0.15, -0.1) is 0 Å². The van der Waals surface area contributed by atoms with Crippen LogP contribution in [-0.2, 0) is 9.53 Å². The van der Waals surface area contributed by atoms with Crippen LogP contribution in [0.4, 0.5) is 5.82 Å². The smallest absolute Gasteiger partial charge is 0.330 e. The van der Waals surface area contributed by atoms with Crippen molar-refractivity contribution in [2.75, 3.05) is 33.1 Å². The molecule has 0 fully saturated rings. The summed E-state index contributed by atoms with van der Waals surface area (Å²) in [5.41, 5.74) is 0.439. The van der Waals surface area contributed by atoms with Crippen molar-refractivity contribution in [3.63, 3.8) is 0 Å². The van der Waals surface area contributed by atoms with Crippen LogP contribution in [0.3, 0.4) is 0 Å². The predicted octanol–water partition coefficient (Wildman–Crippen LogP) is -0.271. The van der Waals surface area contributed by atoms with Crippen LogP contribution in [0.25, 0.3) is 0 Å². The summed E-state index contributed by atoms with van der Waals surface area (Å²) < 4.78 is 4.52. The van der Waals surface area contributed by atoms with E-state index < -0.39 is 18.6 Å². The molecule has 1 aromatic rings. The predicted molar refractivity (Wildman–Crippen MR) is 68.8 cm³/mol. The molecule has 0 aromatic carbocycles. The summed E-state index contributed by atoms with van der Waals surface area (Å²) in [5.74, 6) is -0.372. The number of nitrogens with zero attached hydrogens (tertiary/aromatic N) is 2. The molecule has 1 rings (SSSR count). The van der Waals surface area contributed by atoms with Gasteiger partial charge in [0.05, 0.1) is 19.3 Å². The number of hydrogen-bond acceptors (Lipinski definition) is 6. The average Bonchev–Trinajstić information content (AvgIpc) is 2.43. The van der Waals surface area contributed by atoms with Crippen LogP contribution in [0.1, 0.15) is 10.4 Å². The molecular formula is C12H17N3O4. The van der Waals surface area contributed by atoms with Gasteiger partial charge in [0.25, 0.3) is 5.91 Å². The summed E-state index contributed by atoms with van der Waals surface area (Å²) in [5, 5.41) is 11.8. The number of methoxy groups -OCH3 is 1. The lowest BCUT2D eigenvalue weighted by Crippen LogP contribution is -2.34. The molecule has 0 saturated heterocycles. The first kappa shape index (κ1) is 14.9. The van der Waals surface area contributed by atoms with Crippen LogP contribution in [0.5, 0.6) is 0 Å². The Morgan fingerprint density at radius 2 is 2.16 bits per heavy atom. The van der Waals surface area contributed by atoms with Crippen molar-refractivity contribution in [1.29, 1.82) is 0 Å². The summed E-state index contributed by atoms with van der Waals surface area (Å²) in [4.78, 5) is 28.4. The summed E-state index contributed by atoms with van der Waals surface area (Å²) in [6.45, 7) is -0.410. The summed E-state index contributed by atoms with van der Waals surface area (Å²) in [6.07, 6.45) is 1.40. The highest BCUT2D eigenvalue weighted by atomic mass is 16.5. The SMILES string of the molecule is COC(=O)C(CO)Nc1ccc(C(=O)N(C)C)cn1. The summed E-state index contributed by atoms with van der Waals surface area (Å²) >= 11 is 0. The molecule has 1 atom stereocenters. The van der Waals surface area contributed by atoms with Gasteiger partial charge in [-0.3, -0.25) is 4.79 Å². The van der Waals surface area contributed by atoms with Crippen molar-refractivity contribution >= 4 is 17.7 Å². The fourth-order valence-corrected chi connectivity index (χ4v) is 1.36. The Hall–Kier alpha value is -2.15. The van der Waals surface area contributed by atoms with E-state index in [1.54, 1.807) is 26.2 Å². The van der Waals surface area contributed by atoms with E-state index in [4.69, 9.17) is 5.11 Å². The maximum atomic E-state index is 11.6. The first-order valence-electron chi connectivity index (χ1n) is 5.62. The van der Waals surface area contributed by atoms with Crippen molar-refractivity contribution in [3.05, 3.63) is 23.9 Å². The number of aliphatic hydroxyl groups excluding tert-OH is 1. The Bertz CT molecular complexity index is 445. The zero-order chi connectivity index (χ0) is 14.4. The second-order valence-electron chi connectivity index (χ2n) is 4.03. The minimum atomic E-state index is -0.882. The number of aromatic nitrogens is 1. The minimum absolute atomic E-state index is 0.161. The molecule has 0 saturated carbocycles. The van der Waals surface area contributed by atoms with E-state index in [2.05, 4.69) is 15.0 Å². The van der Waals surface area contributed by atoms with Crippen LogP contribution in [0.15, 0.2) is 18.3 Å². The Kier molecular flexibility index (Phi) is 5.25. The van der Waals surface area contributed by atoms with Crippen molar-refractivity contribution in [2.24, 2.45) is 0 Å². The highest BCUT2D eigenvalue weighted by molar-refractivity contribution is 5.93. The van der Waals surface area contributed by atoms with Crippen molar-refractivity contribution in [3.8, 4) is 0 Å².